The van der Waals surface area contributed by atoms with Gasteiger partial charge in [-0.1, -0.05) is 12.1 Å². The Hall–Kier alpha value is -0.130. The molecular formula is C9H9IO2. The van der Waals surface area contributed by atoms with Crippen molar-refractivity contribution in [2.75, 3.05) is 13.2 Å². The molecule has 0 atom stereocenters. The fraction of sp³-hybridized carbons (Fsp3) is 0.333. The van der Waals surface area contributed by atoms with Crippen molar-refractivity contribution < 1.29 is 9.47 Å². The largest absolute Gasteiger partial charge is 0.346 e. The summed E-state index contributed by atoms with van der Waals surface area (Å²) in [7, 11) is 0. The van der Waals surface area contributed by atoms with Crippen LogP contribution in [0.15, 0.2) is 24.3 Å². The Kier molecular flexibility index (Phi) is 2.63. The van der Waals surface area contributed by atoms with Gasteiger partial charge >= 0.3 is 0 Å². The summed E-state index contributed by atoms with van der Waals surface area (Å²) in [6, 6.07) is 8.19. The molecule has 0 unspecified atom stereocenters. The van der Waals surface area contributed by atoms with Crippen LogP contribution in [0.1, 0.15) is 11.9 Å². The number of halogens is 1. The summed E-state index contributed by atoms with van der Waals surface area (Å²) in [5.74, 6) is 0. The van der Waals surface area contributed by atoms with Crippen LogP contribution in [0, 0.1) is 3.57 Å². The second-order valence-electron chi connectivity index (χ2n) is 2.63. The molecule has 0 radical (unpaired) electrons. The van der Waals surface area contributed by atoms with Crippen molar-refractivity contribution >= 4 is 22.6 Å². The second-order valence-corrected chi connectivity index (χ2v) is 3.87. The maximum absolute atomic E-state index is 5.35. The maximum Gasteiger partial charge on any atom is 0.184 e. The van der Waals surface area contributed by atoms with Crippen LogP contribution < -0.4 is 0 Å². The van der Waals surface area contributed by atoms with E-state index in [2.05, 4.69) is 34.7 Å². The van der Waals surface area contributed by atoms with E-state index in [1.54, 1.807) is 0 Å². The van der Waals surface area contributed by atoms with Crippen LogP contribution in [0.25, 0.3) is 0 Å². The third-order valence-electron chi connectivity index (χ3n) is 1.76. The molecule has 0 saturated carbocycles. The summed E-state index contributed by atoms with van der Waals surface area (Å²) < 4.78 is 11.9. The van der Waals surface area contributed by atoms with Crippen molar-refractivity contribution in [1.29, 1.82) is 0 Å². The molecule has 0 aromatic heterocycles. The fourth-order valence-electron chi connectivity index (χ4n) is 1.17. The molecular weight excluding hydrogens is 267 g/mol. The van der Waals surface area contributed by atoms with Crippen LogP contribution in [0.5, 0.6) is 0 Å². The average Bonchev–Trinajstić information content (AvgIpc) is 2.58. The van der Waals surface area contributed by atoms with E-state index in [0.29, 0.717) is 13.2 Å². The van der Waals surface area contributed by atoms with Gasteiger partial charge in [0.15, 0.2) is 6.29 Å². The Balaban J connectivity index is 2.17. The predicted octanol–water partition coefficient (Wildman–Crippen LogP) is 2.34. The lowest BCUT2D eigenvalue weighted by Gasteiger charge is -2.08. The molecule has 3 heteroatoms. The Bertz CT molecular complexity index is 252. The standard InChI is InChI=1S/C9H9IO2/c10-8-3-1-7(2-4-8)9-11-5-6-12-9/h1-4,9H,5-6H2. The highest BCUT2D eigenvalue weighted by Crippen LogP contribution is 2.23. The predicted molar refractivity (Wildman–Crippen MR) is 53.8 cm³/mol. The average molecular weight is 276 g/mol. The molecule has 12 heavy (non-hydrogen) atoms. The lowest BCUT2D eigenvalue weighted by molar-refractivity contribution is -0.0441. The Labute approximate surface area is 85.0 Å². The quantitative estimate of drug-likeness (QED) is 0.733. The molecule has 64 valence electrons. The van der Waals surface area contributed by atoms with E-state index in [0.717, 1.165) is 5.56 Å². The van der Waals surface area contributed by atoms with Crippen molar-refractivity contribution in [2.24, 2.45) is 0 Å². The van der Waals surface area contributed by atoms with Crippen molar-refractivity contribution in [3.63, 3.8) is 0 Å². The zero-order valence-corrected chi connectivity index (χ0v) is 8.65. The Morgan fingerprint density at radius 2 is 1.67 bits per heavy atom. The fourth-order valence-corrected chi connectivity index (χ4v) is 1.53. The molecule has 1 heterocycles. The molecule has 1 aliphatic heterocycles. The number of ether oxygens (including phenoxy) is 2. The van der Waals surface area contributed by atoms with Crippen molar-refractivity contribution in [2.45, 2.75) is 6.29 Å². The van der Waals surface area contributed by atoms with Gasteiger partial charge in [-0.2, -0.15) is 0 Å². The molecule has 0 aliphatic carbocycles. The minimum atomic E-state index is -0.137. The first-order valence-corrected chi connectivity index (χ1v) is 4.93. The normalized spacial score (nSPS) is 18.4. The van der Waals surface area contributed by atoms with Gasteiger partial charge in [-0.25, -0.2) is 0 Å². The number of rotatable bonds is 1. The van der Waals surface area contributed by atoms with Gasteiger partial charge in [-0.15, -0.1) is 0 Å². The minimum Gasteiger partial charge on any atom is -0.346 e. The molecule has 0 amide bonds. The van der Waals surface area contributed by atoms with E-state index < -0.39 is 0 Å². The molecule has 0 N–H and O–H groups in total. The van der Waals surface area contributed by atoms with Gasteiger partial charge in [-0.05, 0) is 34.7 Å². The van der Waals surface area contributed by atoms with E-state index in [1.165, 1.54) is 3.57 Å². The summed E-state index contributed by atoms with van der Waals surface area (Å²) in [4.78, 5) is 0. The molecule has 1 aromatic rings. The first kappa shape index (κ1) is 8.47. The molecule has 1 saturated heterocycles. The van der Waals surface area contributed by atoms with Crippen LogP contribution >= 0.6 is 22.6 Å². The van der Waals surface area contributed by atoms with Gasteiger partial charge in [0.1, 0.15) is 0 Å². The van der Waals surface area contributed by atoms with Gasteiger partial charge in [-0.3, -0.25) is 0 Å². The van der Waals surface area contributed by atoms with Gasteiger partial charge in [0.05, 0.1) is 13.2 Å². The van der Waals surface area contributed by atoms with Gasteiger partial charge in [0.2, 0.25) is 0 Å². The highest BCUT2D eigenvalue weighted by molar-refractivity contribution is 14.1. The molecule has 1 fully saturated rings. The van der Waals surface area contributed by atoms with Crippen LogP contribution in [-0.2, 0) is 9.47 Å². The highest BCUT2D eigenvalue weighted by Gasteiger charge is 2.17. The Morgan fingerprint density at radius 1 is 1.08 bits per heavy atom. The lowest BCUT2D eigenvalue weighted by atomic mass is 10.2. The number of hydrogen-bond acceptors (Lipinski definition) is 2. The molecule has 0 spiro atoms. The van der Waals surface area contributed by atoms with Crippen molar-refractivity contribution in [3.05, 3.63) is 33.4 Å². The first-order chi connectivity index (χ1) is 5.86. The summed E-state index contributed by atoms with van der Waals surface area (Å²) in [5.41, 5.74) is 1.10. The van der Waals surface area contributed by atoms with Crippen molar-refractivity contribution in [1.82, 2.24) is 0 Å². The topological polar surface area (TPSA) is 18.5 Å². The maximum atomic E-state index is 5.35. The van der Waals surface area contributed by atoms with Crippen molar-refractivity contribution in [3.8, 4) is 0 Å². The SMILES string of the molecule is Ic1ccc(C2OCCO2)cc1. The summed E-state index contributed by atoms with van der Waals surface area (Å²) in [6.07, 6.45) is -0.137. The van der Waals surface area contributed by atoms with Gasteiger partial charge < -0.3 is 9.47 Å². The number of benzene rings is 1. The summed E-state index contributed by atoms with van der Waals surface area (Å²) in [5, 5.41) is 0. The minimum absolute atomic E-state index is 0.137. The molecule has 2 rings (SSSR count). The molecule has 1 aliphatic rings. The van der Waals surface area contributed by atoms with E-state index in [1.807, 2.05) is 12.1 Å². The Morgan fingerprint density at radius 3 is 2.25 bits per heavy atom. The summed E-state index contributed by atoms with van der Waals surface area (Å²) in [6.45, 7) is 1.41. The second kappa shape index (κ2) is 3.72. The van der Waals surface area contributed by atoms with E-state index in [9.17, 15) is 0 Å². The van der Waals surface area contributed by atoms with Gasteiger partial charge in [0, 0.05) is 9.13 Å². The van der Waals surface area contributed by atoms with Gasteiger partial charge in [0.25, 0.3) is 0 Å². The van der Waals surface area contributed by atoms with E-state index >= 15 is 0 Å². The van der Waals surface area contributed by atoms with Crippen LogP contribution in [0.4, 0.5) is 0 Å². The highest BCUT2D eigenvalue weighted by atomic mass is 127. The van der Waals surface area contributed by atoms with Crippen LogP contribution in [0.2, 0.25) is 0 Å². The first-order valence-electron chi connectivity index (χ1n) is 3.85. The zero-order chi connectivity index (χ0) is 8.39. The lowest BCUT2D eigenvalue weighted by Crippen LogP contribution is -1.97. The molecule has 2 nitrogen and oxygen atoms in total. The number of hydrogen-bond donors (Lipinski definition) is 0. The molecule has 0 bridgehead atoms. The third-order valence-corrected chi connectivity index (χ3v) is 2.48. The summed E-state index contributed by atoms with van der Waals surface area (Å²) >= 11 is 2.28. The smallest absolute Gasteiger partial charge is 0.184 e. The molecule has 1 aromatic carbocycles. The zero-order valence-electron chi connectivity index (χ0n) is 6.50. The van der Waals surface area contributed by atoms with E-state index in [4.69, 9.17) is 9.47 Å². The van der Waals surface area contributed by atoms with Crippen LogP contribution in [-0.4, -0.2) is 13.2 Å². The third kappa shape index (κ3) is 1.78. The van der Waals surface area contributed by atoms with Crippen LogP contribution in [0.3, 0.4) is 0 Å². The van der Waals surface area contributed by atoms with E-state index in [-0.39, 0.29) is 6.29 Å². The monoisotopic (exact) mass is 276 g/mol.